The van der Waals surface area contributed by atoms with Gasteiger partial charge in [-0.05, 0) is 29.4 Å². The van der Waals surface area contributed by atoms with E-state index in [-0.39, 0.29) is 0 Å². The lowest BCUT2D eigenvalue weighted by Crippen LogP contribution is -2.20. The smallest absolute Gasteiger partial charge is 0.000895 e. The molecule has 0 saturated carbocycles. The molecule has 0 bridgehead atoms. The molecule has 0 heterocycles. The second-order valence-electron chi connectivity index (χ2n) is 4.52. The lowest BCUT2D eigenvalue weighted by molar-refractivity contribution is 0.231. The van der Waals surface area contributed by atoms with E-state index in [0.29, 0.717) is 5.25 Å². The van der Waals surface area contributed by atoms with Crippen LogP contribution in [0.4, 0.5) is 0 Å². The molecule has 4 atom stereocenters. The van der Waals surface area contributed by atoms with E-state index in [2.05, 4.69) is 47.2 Å². The third-order valence-electron chi connectivity index (χ3n) is 3.29. The molecule has 0 aromatic carbocycles. The molecule has 0 amide bonds. The summed E-state index contributed by atoms with van der Waals surface area (Å²) < 4.78 is 0. The standard InChI is InChI=1S/C12H26S/c1-6-9(3)12(7-2)10(4)8-11(5)13/h9-13H,6-8H2,1-5H3. The predicted octanol–water partition coefficient (Wildman–Crippen LogP) is 4.40. The van der Waals surface area contributed by atoms with E-state index < -0.39 is 0 Å². The van der Waals surface area contributed by atoms with Gasteiger partial charge in [0.25, 0.3) is 0 Å². The first-order valence-corrected chi connectivity index (χ1v) is 6.22. The van der Waals surface area contributed by atoms with E-state index >= 15 is 0 Å². The highest BCUT2D eigenvalue weighted by molar-refractivity contribution is 7.80. The Morgan fingerprint density at radius 1 is 0.923 bits per heavy atom. The first-order chi connectivity index (χ1) is 6.02. The van der Waals surface area contributed by atoms with Crippen LogP contribution in [0.1, 0.15) is 53.9 Å². The predicted molar refractivity (Wildman–Crippen MR) is 65.5 cm³/mol. The van der Waals surface area contributed by atoms with E-state index in [1.54, 1.807) is 0 Å². The summed E-state index contributed by atoms with van der Waals surface area (Å²) >= 11 is 4.47. The molecule has 0 rings (SSSR count). The van der Waals surface area contributed by atoms with Gasteiger partial charge in [0.15, 0.2) is 0 Å². The minimum Gasteiger partial charge on any atom is -0.176 e. The maximum absolute atomic E-state index is 4.47. The molecule has 0 aliphatic heterocycles. The Bertz CT molecular complexity index is 120. The van der Waals surface area contributed by atoms with Crippen LogP contribution in [0.5, 0.6) is 0 Å². The summed E-state index contributed by atoms with van der Waals surface area (Å²) in [5.41, 5.74) is 0. The molecular formula is C12H26S. The Kier molecular flexibility index (Phi) is 6.93. The van der Waals surface area contributed by atoms with Gasteiger partial charge in [-0.25, -0.2) is 0 Å². The summed E-state index contributed by atoms with van der Waals surface area (Å²) in [7, 11) is 0. The Hall–Kier alpha value is 0.350. The van der Waals surface area contributed by atoms with E-state index in [0.717, 1.165) is 17.8 Å². The summed E-state index contributed by atoms with van der Waals surface area (Å²) in [6.07, 6.45) is 3.88. The van der Waals surface area contributed by atoms with Crippen LogP contribution in [-0.4, -0.2) is 5.25 Å². The average molecular weight is 202 g/mol. The van der Waals surface area contributed by atoms with Crippen LogP contribution in [0.2, 0.25) is 0 Å². The van der Waals surface area contributed by atoms with Crippen LogP contribution in [0.3, 0.4) is 0 Å². The van der Waals surface area contributed by atoms with Crippen molar-refractivity contribution in [2.75, 3.05) is 0 Å². The van der Waals surface area contributed by atoms with Crippen molar-refractivity contribution >= 4 is 12.6 Å². The van der Waals surface area contributed by atoms with Crippen LogP contribution >= 0.6 is 12.6 Å². The van der Waals surface area contributed by atoms with Crippen molar-refractivity contribution in [2.45, 2.75) is 59.1 Å². The molecule has 4 unspecified atom stereocenters. The van der Waals surface area contributed by atoms with Gasteiger partial charge in [0, 0.05) is 0 Å². The topological polar surface area (TPSA) is 0 Å². The van der Waals surface area contributed by atoms with Gasteiger partial charge >= 0.3 is 0 Å². The van der Waals surface area contributed by atoms with Crippen LogP contribution in [0, 0.1) is 17.8 Å². The van der Waals surface area contributed by atoms with Crippen LogP contribution < -0.4 is 0 Å². The van der Waals surface area contributed by atoms with Gasteiger partial charge in [-0.2, -0.15) is 12.6 Å². The fourth-order valence-electron chi connectivity index (χ4n) is 2.38. The van der Waals surface area contributed by atoms with Crippen molar-refractivity contribution in [3.05, 3.63) is 0 Å². The Morgan fingerprint density at radius 3 is 1.77 bits per heavy atom. The van der Waals surface area contributed by atoms with E-state index in [9.17, 15) is 0 Å². The van der Waals surface area contributed by atoms with Gasteiger partial charge < -0.3 is 0 Å². The number of hydrogen-bond acceptors (Lipinski definition) is 1. The third kappa shape index (κ3) is 4.95. The van der Waals surface area contributed by atoms with E-state index in [1.807, 2.05) is 0 Å². The molecule has 80 valence electrons. The second kappa shape index (κ2) is 6.75. The molecule has 0 nitrogen and oxygen atoms in total. The van der Waals surface area contributed by atoms with Crippen molar-refractivity contribution in [1.82, 2.24) is 0 Å². The normalized spacial score (nSPS) is 20.8. The van der Waals surface area contributed by atoms with Gasteiger partial charge in [-0.15, -0.1) is 0 Å². The largest absolute Gasteiger partial charge is 0.176 e. The molecule has 0 saturated heterocycles. The minimum absolute atomic E-state index is 0.549. The summed E-state index contributed by atoms with van der Waals surface area (Å²) in [5, 5.41) is 0.549. The highest BCUT2D eigenvalue weighted by Gasteiger charge is 2.21. The minimum atomic E-state index is 0.549. The highest BCUT2D eigenvalue weighted by atomic mass is 32.1. The van der Waals surface area contributed by atoms with Gasteiger partial charge in [-0.3, -0.25) is 0 Å². The maximum Gasteiger partial charge on any atom is -0.000895 e. The summed E-state index contributed by atoms with van der Waals surface area (Å²) in [5.74, 6) is 2.58. The fraction of sp³-hybridized carbons (Fsp3) is 1.00. The monoisotopic (exact) mass is 202 g/mol. The molecule has 1 heteroatoms. The molecule has 0 aromatic heterocycles. The molecule has 0 aliphatic rings. The number of rotatable bonds is 6. The van der Waals surface area contributed by atoms with E-state index in [1.165, 1.54) is 19.3 Å². The Labute approximate surface area is 89.9 Å². The van der Waals surface area contributed by atoms with Crippen molar-refractivity contribution in [1.29, 1.82) is 0 Å². The quantitative estimate of drug-likeness (QED) is 0.606. The average Bonchev–Trinajstić information content (AvgIpc) is 2.03. The molecule has 13 heavy (non-hydrogen) atoms. The molecule has 0 spiro atoms. The van der Waals surface area contributed by atoms with Crippen LogP contribution in [0.15, 0.2) is 0 Å². The highest BCUT2D eigenvalue weighted by Crippen LogP contribution is 2.30. The second-order valence-corrected chi connectivity index (χ2v) is 5.40. The third-order valence-corrected chi connectivity index (χ3v) is 3.50. The zero-order valence-corrected chi connectivity index (χ0v) is 10.8. The van der Waals surface area contributed by atoms with Gasteiger partial charge in [0.05, 0.1) is 0 Å². The number of thiol groups is 1. The van der Waals surface area contributed by atoms with Crippen molar-refractivity contribution in [3.63, 3.8) is 0 Å². The Morgan fingerprint density at radius 2 is 1.46 bits per heavy atom. The fourth-order valence-corrected chi connectivity index (χ4v) is 2.71. The summed E-state index contributed by atoms with van der Waals surface area (Å²) in [4.78, 5) is 0. The zero-order chi connectivity index (χ0) is 10.4. The van der Waals surface area contributed by atoms with Crippen LogP contribution in [-0.2, 0) is 0 Å². The van der Waals surface area contributed by atoms with Crippen molar-refractivity contribution < 1.29 is 0 Å². The zero-order valence-electron chi connectivity index (χ0n) is 9.88. The first kappa shape index (κ1) is 13.4. The summed E-state index contributed by atoms with van der Waals surface area (Å²) in [6.45, 7) is 11.6. The van der Waals surface area contributed by atoms with Gasteiger partial charge in [0.2, 0.25) is 0 Å². The van der Waals surface area contributed by atoms with Crippen molar-refractivity contribution in [2.24, 2.45) is 17.8 Å². The van der Waals surface area contributed by atoms with E-state index in [4.69, 9.17) is 0 Å². The molecular weight excluding hydrogens is 176 g/mol. The number of hydrogen-bond donors (Lipinski definition) is 1. The summed E-state index contributed by atoms with van der Waals surface area (Å²) in [6, 6.07) is 0. The maximum atomic E-state index is 4.47. The van der Waals surface area contributed by atoms with Gasteiger partial charge in [0.1, 0.15) is 0 Å². The lowest BCUT2D eigenvalue weighted by Gasteiger charge is -2.29. The molecule has 0 aliphatic carbocycles. The molecule has 0 fully saturated rings. The van der Waals surface area contributed by atoms with Crippen molar-refractivity contribution in [3.8, 4) is 0 Å². The SMILES string of the molecule is CCC(C)C(CC)C(C)CC(C)S. The molecule has 0 aromatic rings. The van der Waals surface area contributed by atoms with Crippen LogP contribution in [0.25, 0.3) is 0 Å². The van der Waals surface area contributed by atoms with Gasteiger partial charge in [-0.1, -0.05) is 47.5 Å². The lowest BCUT2D eigenvalue weighted by atomic mass is 9.78. The molecule has 0 radical (unpaired) electrons. The Balaban J connectivity index is 4.06. The first-order valence-electron chi connectivity index (χ1n) is 5.70. The molecule has 0 N–H and O–H groups in total.